The maximum atomic E-state index is 11.7. The first-order chi connectivity index (χ1) is 7.27. The summed E-state index contributed by atoms with van der Waals surface area (Å²) in [5, 5.41) is 15.1. The molecule has 3 rings (SSSR count). The number of nitrogens with one attached hydrogen (secondary N) is 2. The smallest absolute Gasteiger partial charge is 0.261 e. The summed E-state index contributed by atoms with van der Waals surface area (Å²) in [7, 11) is 0. The van der Waals surface area contributed by atoms with Crippen molar-refractivity contribution in [3.63, 3.8) is 0 Å². The molecule has 2 N–H and O–H groups in total. The predicted octanol–water partition coefficient (Wildman–Crippen LogP) is 1.68. The number of aromatic nitrogens is 1. The number of nitrogens with zero attached hydrogens (tertiary/aromatic N) is 2. The Bertz CT molecular complexity index is 541. The molecular formula is C10H10N4O. The van der Waals surface area contributed by atoms with Crippen molar-refractivity contribution >= 4 is 11.5 Å². The van der Waals surface area contributed by atoms with Gasteiger partial charge in [0, 0.05) is 5.69 Å². The van der Waals surface area contributed by atoms with E-state index in [9.17, 15) is 4.79 Å². The molecule has 0 spiro atoms. The molecule has 0 unspecified atom stereocenters. The Labute approximate surface area is 85.8 Å². The molecule has 0 saturated carbocycles. The molecule has 0 saturated heterocycles. The van der Waals surface area contributed by atoms with Crippen molar-refractivity contribution in [1.82, 2.24) is 4.98 Å². The van der Waals surface area contributed by atoms with Crippen molar-refractivity contribution in [3.8, 4) is 0 Å². The number of amidine groups is 1. The maximum Gasteiger partial charge on any atom is 0.261 e. The molecule has 2 heterocycles. The number of hydrogen-bond acceptors (Lipinski definition) is 3. The zero-order valence-electron chi connectivity index (χ0n) is 8.13. The molecule has 15 heavy (non-hydrogen) atoms. The lowest BCUT2D eigenvalue weighted by Gasteiger charge is -2.16. The van der Waals surface area contributed by atoms with Crippen LogP contribution in [-0.2, 0) is 12.8 Å². The van der Waals surface area contributed by atoms with Crippen molar-refractivity contribution in [2.75, 3.05) is 0 Å². The average Bonchev–Trinajstić information content (AvgIpc) is 2.62. The fourth-order valence-corrected chi connectivity index (χ4v) is 2.24. The van der Waals surface area contributed by atoms with Gasteiger partial charge >= 0.3 is 0 Å². The van der Waals surface area contributed by atoms with Crippen molar-refractivity contribution in [3.05, 3.63) is 27.2 Å². The van der Waals surface area contributed by atoms with E-state index in [1.54, 1.807) is 0 Å². The fraction of sp³-hybridized carbons (Fsp3) is 0.400. The topological polar surface area (TPSA) is 81.4 Å². The highest BCUT2D eigenvalue weighted by Gasteiger charge is 2.25. The molecule has 0 aromatic carbocycles. The first-order valence-electron chi connectivity index (χ1n) is 5.06. The molecule has 1 aromatic heterocycles. The highest BCUT2D eigenvalue weighted by Crippen LogP contribution is 2.33. The zero-order valence-corrected chi connectivity index (χ0v) is 8.13. The summed E-state index contributed by atoms with van der Waals surface area (Å²) in [6, 6.07) is 0. The van der Waals surface area contributed by atoms with Crippen molar-refractivity contribution in [2.45, 2.75) is 25.7 Å². The van der Waals surface area contributed by atoms with E-state index in [4.69, 9.17) is 5.41 Å². The molecule has 5 nitrogen and oxygen atoms in total. The standard InChI is InChI=1S/C10H10N4O/c11-9-7-8(13-14-9)5-3-1-2-4-6(5)12-10(7)15/h11H,1-4H2,(H,12,15). The summed E-state index contributed by atoms with van der Waals surface area (Å²) in [6.07, 6.45) is 4.06. The third-order valence-electron chi connectivity index (χ3n) is 2.97. The van der Waals surface area contributed by atoms with Gasteiger partial charge in [-0.3, -0.25) is 10.2 Å². The van der Waals surface area contributed by atoms with Gasteiger partial charge in [-0.15, -0.1) is 10.2 Å². The molecule has 0 atom stereocenters. The van der Waals surface area contributed by atoms with Crippen LogP contribution in [0.4, 0.5) is 5.69 Å². The fourth-order valence-electron chi connectivity index (χ4n) is 2.24. The summed E-state index contributed by atoms with van der Waals surface area (Å²) in [5.41, 5.74) is 2.83. The van der Waals surface area contributed by atoms with Crippen LogP contribution < -0.4 is 5.56 Å². The minimum atomic E-state index is -0.222. The third-order valence-corrected chi connectivity index (χ3v) is 2.97. The Morgan fingerprint density at radius 3 is 2.87 bits per heavy atom. The number of aromatic amines is 1. The lowest BCUT2D eigenvalue weighted by atomic mass is 9.93. The SMILES string of the molecule is N=C1N=Nc2c3c([nH]c(=O)c21)CCCC3. The molecule has 1 aliphatic heterocycles. The summed E-state index contributed by atoms with van der Waals surface area (Å²) in [5.74, 6) is -0.0142. The van der Waals surface area contributed by atoms with E-state index in [-0.39, 0.29) is 11.4 Å². The molecule has 1 aliphatic carbocycles. The molecule has 0 bridgehead atoms. The highest BCUT2D eigenvalue weighted by molar-refractivity contribution is 6.03. The molecule has 2 aliphatic rings. The maximum absolute atomic E-state index is 11.7. The van der Waals surface area contributed by atoms with E-state index >= 15 is 0 Å². The van der Waals surface area contributed by atoms with Crippen LogP contribution in [0.3, 0.4) is 0 Å². The first-order valence-corrected chi connectivity index (χ1v) is 5.06. The van der Waals surface area contributed by atoms with E-state index in [0.717, 1.165) is 36.9 Å². The van der Waals surface area contributed by atoms with E-state index in [0.29, 0.717) is 11.3 Å². The minimum absolute atomic E-state index is 0.0142. The zero-order chi connectivity index (χ0) is 10.4. The first kappa shape index (κ1) is 8.52. The van der Waals surface area contributed by atoms with Crippen LogP contribution in [0.15, 0.2) is 15.0 Å². The summed E-state index contributed by atoms with van der Waals surface area (Å²) >= 11 is 0. The van der Waals surface area contributed by atoms with E-state index in [1.165, 1.54) is 0 Å². The molecule has 5 heteroatoms. The largest absolute Gasteiger partial charge is 0.325 e. The minimum Gasteiger partial charge on any atom is -0.325 e. The van der Waals surface area contributed by atoms with Crippen LogP contribution >= 0.6 is 0 Å². The van der Waals surface area contributed by atoms with Gasteiger partial charge in [-0.2, -0.15) is 0 Å². The summed E-state index contributed by atoms with van der Waals surface area (Å²) in [6.45, 7) is 0. The monoisotopic (exact) mass is 202 g/mol. The summed E-state index contributed by atoms with van der Waals surface area (Å²) in [4.78, 5) is 14.5. The summed E-state index contributed by atoms with van der Waals surface area (Å²) < 4.78 is 0. The van der Waals surface area contributed by atoms with Gasteiger partial charge in [0.1, 0.15) is 11.3 Å². The van der Waals surface area contributed by atoms with E-state index in [2.05, 4.69) is 15.2 Å². The molecule has 0 fully saturated rings. The van der Waals surface area contributed by atoms with E-state index < -0.39 is 0 Å². The van der Waals surface area contributed by atoms with Crippen molar-refractivity contribution in [1.29, 1.82) is 5.41 Å². The Kier molecular flexibility index (Phi) is 1.62. The van der Waals surface area contributed by atoms with Gasteiger partial charge in [-0.25, -0.2) is 0 Å². The molecular weight excluding hydrogens is 192 g/mol. The Hall–Kier alpha value is -1.78. The van der Waals surface area contributed by atoms with Gasteiger partial charge in [-0.05, 0) is 31.2 Å². The average molecular weight is 202 g/mol. The van der Waals surface area contributed by atoms with E-state index in [1.807, 2.05) is 0 Å². The van der Waals surface area contributed by atoms with Gasteiger partial charge in [-0.1, -0.05) is 0 Å². The van der Waals surface area contributed by atoms with Crippen molar-refractivity contribution < 1.29 is 0 Å². The number of aryl methyl sites for hydroxylation is 1. The third kappa shape index (κ3) is 1.09. The molecule has 0 radical (unpaired) electrons. The van der Waals surface area contributed by atoms with Crippen LogP contribution in [-0.4, -0.2) is 10.8 Å². The van der Waals surface area contributed by atoms with Gasteiger partial charge in [0.25, 0.3) is 5.56 Å². The second-order valence-corrected chi connectivity index (χ2v) is 3.89. The lowest BCUT2D eigenvalue weighted by molar-refractivity contribution is 0.666. The number of rotatable bonds is 0. The van der Waals surface area contributed by atoms with Gasteiger partial charge in [0.15, 0.2) is 5.84 Å². The number of fused-ring (bicyclic) bond motifs is 3. The molecule has 76 valence electrons. The van der Waals surface area contributed by atoms with Crippen LogP contribution in [0, 0.1) is 5.41 Å². The predicted molar refractivity (Wildman–Crippen MR) is 55.0 cm³/mol. The van der Waals surface area contributed by atoms with Gasteiger partial charge in [0.05, 0.1) is 0 Å². The lowest BCUT2D eigenvalue weighted by Crippen LogP contribution is -2.20. The number of H-pyrrole nitrogens is 1. The van der Waals surface area contributed by atoms with Crippen LogP contribution in [0.1, 0.15) is 29.7 Å². The quantitative estimate of drug-likeness (QED) is 0.659. The number of hydrogen-bond donors (Lipinski definition) is 2. The number of pyridine rings is 1. The Balaban J connectivity index is 2.35. The normalized spacial score (nSPS) is 17.7. The van der Waals surface area contributed by atoms with Crippen molar-refractivity contribution in [2.24, 2.45) is 10.2 Å². The highest BCUT2D eigenvalue weighted by atomic mass is 16.1. The Morgan fingerprint density at radius 1 is 1.20 bits per heavy atom. The van der Waals surface area contributed by atoms with Gasteiger partial charge in [0.2, 0.25) is 0 Å². The molecule has 1 aromatic rings. The molecule has 0 amide bonds. The van der Waals surface area contributed by atoms with Gasteiger partial charge < -0.3 is 4.98 Å². The Morgan fingerprint density at radius 2 is 2.00 bits per heavy atom. The second-order valence-electron chi connectivity index (χ2n) is 3.89. The van der Waals surface area contributed by atoms with Crippen LogP contribution in [0.25, 0.3) is 0 Å². The number of azo groups is 1. The van der Waals surface area contributed by atoms with Crippen LogP contribution in [0.5, 0.6) is 0 Å². The van der Waals surface area contributed by atoms with Crippen LogP contribution in [0.2, 0.25) is 0 Å². The second kappa shape index (κ2) is 2.85.